The van der Waals surface area contributed by atoms with Crippen molar-refractivity contribution in [3.8, 4) is 0 Å². The Morgan fingerprint density at radius 2 is 1.92 bits per heavy atom. The number of nitrogens with zero attached hydrogens (tertiary/aromatic N) is 2. The van der Waals surface area contributed by atoms with Crippen LogP contribution in [-0.4, -0.2) is 40.9 Å². The van der Waals surface area contributed by atoms with Gasteiger partial charge in [-0.1, -0.05) is 19.3 Å². The predicted molar refractivity (Wildman–Crippen MR) is 101 cm³/mol. The lowest BCUT2D eigenvalue weighted by atomic mass is 9.89. The molecule has 1 aliphatic heterocycles. The Bertz CT molecular complexity index is 739. The number of nitrogens with one attached hydrogen (secondary N) is 2. The molecule has 0 bridgehead atoms. The zero-order chi connectivity index (χ0) is 17.2. The van der Waals surface area contributed by atoms with Gasteiger partial charge in [-0.05, 0) is 69.4 Å². The maximum Gasteiger partial charge on any atom is 0.228 e. The zero-order valence-corrected chi connectivity index (χ0v) is 15.1. The van der Waals surface area contributed by atoms with Gasteiger partial charge in [0.05, 0.1) is 11.0 Å². The first-order valence-corrected chi connectivity index (χ1v) is 9.68. The second-order valence-corrected chi connectivity index (χ2v) is 7.74. The molecule has 0 aromatic carbocycles. The van der Waals surface area contributed by atoms with E-state index in [1.165, 1.54) is 37.7 Å². The van der Waals surface area contributed by atoms with Crippen molar-refractivity contribution in [2.45, 2.75) is 50.9 Å². The molecule has 2 N–H and O–H groups in total. The number of pyridine rings is 1. The van der Waals surface area contributed by atoms with E-state index in [2.05, 4.69) is 28.4 Å². The Balaban J connectivity index is 1.52. The van der Waals surface area contributed by atoms with E-state index in [0.717, 1.165) is 37.0 Å². The molecule has 2 aliphatic rings. The number of aromatic amines is 1. The molecule has 3 heterocycles. The number of anilines is 1. The molecular weight excluding hydrogens is 312 g/mol. The first kappa shape index (κ1) is 16.6. The van der Waals surface area contributed by atoms with E-state index in [9.17, 15) is 4.79 Å². The van der Waals surface area contributed by atoms with Crippen molar-refractivity contribution in [2.24, 2.45) is 5.92 Å². The number of aromatic nitrogens is 2. The molecule has 0 atom stereocenters. The first-order valence-electron chi connectivity index (χ1n) is 9.68. The van der Waals surface area contributed by atoms with Crippen LogP contribution in [0, 0.1) is 5.92 Å². The van der Waals surface area contributed by atoms with Gasteiger partial charge in [0.2, 0.25) is 5.91 Å². The molecule has 4 rings (SSSR count). The highest BCUT2D eigenvalue weighted by molar-refractivity contribution is 5.93. The van der Waals surface area contributed by atoms with Crippen molar-refractivity contribution < 1.29 is 4.79 Å². The highest BCUT2D eigenvalue weighted by atomic mass is 16.1. The third-order valence-corrected chi connectivity index (χ3v) is 5.94. The van der Waals surface area contributed by atoms with Crippen molar-refractivity contribution in [2.75, 3.05) is 25.5 Å². The molecule has 0 spiro atoms. The Hall–Kier alpha value is -1.88. The second-order valence-electron chi connectivity index (χ2n) is 7.74. The number of piperidine rings is 1. The van der Waals surface area contributed by atoms with Gasteiger partial charge in [-0.2, -0.15) is 0 Å². The fourth-order valence-electron chi connectivity index (χ4n) is 4.31. The first-order chi connectivity index (χ1) is 12.2. The van der Waals surface area contributed by atoms with Crippen molar-refractivity contribution in [3.05, 3.63) is 23.9 Å². The third kappa shape index (κ3) is 3.56. The van der Waals surface area contributed by atoms with Gasteiger partial charge in [-0.3, -0.25) is 4.79 Å². The number of carbonyl (C=O) groups is 1. The summed E-state index contributed by atoms with van der Waals surface area (Å²) < 4.78 is 0. The molecule has 25 heavy (non-hydrogen) atoms. The standard InChI is InChI=1S/C20H28N4O/c1-24-11-9-14(10-12-24)16-13-21-17-7-8-18(22-19(16)17)23-20(25)15-5-3-2-4-6-15/h7-8,13-15,21H,2-6,9-12H2,1H3,(H,22,23,25). The van der Waals surface area contributed by atoms with Crippen LogP contribution in [-0.2, 0) is 4.79 Å². The largest absolute Gasteiger partial charge is 0.360 e. The lowest BCUT2D eigenvalue weighted by Crippen LogP contribution is -2.29. The molecule has 1 saturated heterocycles. The van der Waals surface area contributed by atoms with E-state index >= 15 is 0 Å². The van der Waals surface area contributed by atoms with Crippen LogP contribution in [0.25, 0.3) is 11.0 Å². The molecule has 0 radical (unpaired) electrons. The number of likely N-dealkylation sites (tertiary alicyclic amines) is 1. The highest BCUT2D eigenvalue weighted by Gasteiger charge is 2.23. The van der Waals surface area contributed by atoms with E-state index in [1.54, 1.807) is 0 Å². The lowest BCUT2D eigenvalue weighted by Gasteiger charge is -2.28. The Morgan fingerprint density at radius 1 is 1.16 bits per heavy atom. The van der Waals surface area contributed by atoms with Crippen LogP contribution in [0.5, 0.6) is 0 Å². The summed E-state index contributed by atoms with van der Waals surface area (Å²) in [4.78, 5) is 23.0. The molecule has 5 nitrogen and oxygen atoms in total. The molecule has 1 saturated carbocycles. The topological polar surface area (TPSA) is 61.0 Å². The van der Waals surface area contributed by atoms with Crippen LogP contribution in [0.4, 0.5) is 5.82 Å². The van der Waals surface area contributed by atoms with E-state index in [4.69, 9.17) is 4.98 Å². The average Bonchev–Trinajstić information content (AvgIpc) is 3.06. The van der Waals surface area contributed by atoms with Gasteiger partial charge in [-0.15, -0.1) is 0 Å². The molecule has 1 aliphatic carbocycles. The molecule has 5 heteroatoms. The fourth-order valence-corrected chi connectivity index (χ4v) is 4.31. The van der Waals surface area contributed by atoms with Crippen molar-refractivity contribution in [3.63, 3.8) is 0 Å². The highest BCUT2D eigenvalue weighted by Crippen LogP contribution is 2.32. The number of amides is 1. The summed E-state index contributed by atoms with van der Waals surface area (Å²) in [6, 6.07) is 3.95. The zero-order valence-electron chi connectivity index (χ0n) is 15.1. The van der Waals surface area contributed by atoms with Gasteiger partial charge in [-0.25, -0.2) is 4.98 Å². The fraction of sp³-hybridized carbons (Fsp3) is 0.600. The van der Waals surface area contributed by atoms with Gasteiger partial charge in [0, 0.05) is 12.1 Å². The van der Waals surface area contributed by atoms with Crippen molar-refractivity contribution in [1.29, 1.82) is 0 Å². The minimum atomic E-state index is 0.142. The van der Waals surface area contributed by atoms with Crippen LogP contribution in [0.1, 0.15) is 56.4 Å². The third-order valence-electron chi connectivity index (χ3n) is 5.94. The van der Waals surface area contributed by atoms with Crippen molar-refractivity contribution in [1.82, 2.24) is 14.9 Å². The summed E-state index contributed by atoms with van der Waals surface area (Å²) in [6.07, 6.45) is 10.1. The number of H-pyrrole nitrogens is 1. The summed E-state index contributed by atoms with van der Waals surface area (Å²) in [5, 5.41) is 3.06. The maximum atomic E-state index is 12.5. The smallest absolute Gasteiger partial charge is 0.228 e. The Morgan fingerprint density at radius 3 is 2.68 bits per heavy atom. The van der Waals surface area contributed by atoms with Gasteiger partial charge >= 0.3 is 0 Å². The Labute approximate surface area is 149 Å². The molecule has 1 amide bonds. The maximum absolute atomic E-state index is 12.5. The molecular formula is C20H28N4O. The molecule has 2 aromatic rings. The number of hydrogen-bond acceptors (Lipinski definition) is 3. The quantitative estimate of drug-likeness (QED) is 0.891. The SMILES string of the molecule is CN1CCC(c2c[nH]c3ccc(NC(=O)C4CCCCC4)nc23)CC1. The van der Waals surface area contributed by atoms with Crippen LogP contribution >= 0.6 is 0 Å². The molecule has 0 unspecified atom stereocenters. The summed E-state index contributed by atoms with van der Waals surface area (Å²) in [6.45, 7) is 2.27. The van der Waals surface area contributed by atoms with Gasteiger partial charge in [0.25, 0.3) is 0 Å². The molecule has 134 valence electrons. The van der Waals surface area contributed by atoms with Crippen LogP contribution < -0.4 is 5.32 Å². The lowest BCUT2D eigenvalue weighted by molar-refractivity contribution is -0.120. The summed E-state index contributed by atoms with van der Waals surface area (Å²) in [7, 11) is 2.18. The minimum Gasteiger partial charge on any atom is -0.360 e. The minimum absolute atomic E-state index is 0.142. The second kappa shape index (κ2) is 7.16. The number of hydrogen-bond donors (Lipinski definition) is 2. The monoisotopic (exact) mass is 340 g/mol. The summed E-state index contributed by atoms with van der Waals surface area (Å²) in [5.74, 6) is 1.55. The van der Waals surface area contributed by atoms with E-state index < -0.39 is 0 Å². The number of fused-ring (bicyclic) bond motifs is 1. The van der Waals surface area contributed by atoms with Gasteiger partial charge < -0.3 is 15.2 Å². The average molecular weight is 340 g/mol. The van der Waals surface area contributed by atoms with Crippen molar-refractivity contribution >= 4 is 22.8 Å². The van der Waals surface area contributed by atoms with Crippen LogP contribution in [0.3, 0.4) is 0 Å². The summed E-state index contributed by atoms with van der Waals surface area (Å²) in [5.41, 5.74) is 3.39. The number of carbonyl (C=O) groups excluding carboxylic acids is 1. The predicted octanol–water partition coefficient (Wildman–Crippen LogP) is 3.89. The van der Waals surface area contributed by atoms with E-state index in [1.807, 2.05) is 12.1 Å². The number of rotatable bonds is 3. The summed E-state index contributed by atoms with van der Waals surface area (Å²) >= 11 is 0. The molecule has 2 fully saturated rings. The van der Waals surface area contributed by atoms with Crippen LogP contribution in [0.2, 0.25) is 0 Å². The van der Waals surface area contributed by atoms with E-state index in [-0.39, 0.29) is 11.8 Å². The Kier molecular flexibility index (Phi) is 4.75. The van der Waals surface area contributed by atoms with E-state index in [0.29, 0.717) is 11.7 Å². The van der Waals surface area contributed by atoms with Crippen LogP contribution in [0.15, 0.2) is 18.3 Å². The van der Waals surface area contributed by atoms with Gasteiger partial charge in [0.1, 0.15) is 5.82 Å². The normalized spacial score (nSPS) is 20.8. The molecule has 2 aromatic heterocycles. The van der Waals surface area contributed by atoms with Gasteiger partial charge in [0.15, 0.2) is 0 Å².